The molecule has 0 saturated heterocycles. The third kappa shape index (κ3) is 5.57. The normalized spacial score (nSPS) is 12.8. The van der Waals surface area contributed by atoms with Crippen molar-refractivity contribution in [3.8, 4) is 0 Å². The summed E-state index contributed by atoms with van der Waals surface area (Å²) in [6, 6.07) is 10.7. The molecule has 24 heavy (non-hydrogen) atoms. The molecule has 4 nitrogen and oxygen atoms in total. The van der Waals surface area contributed by atoms with Crippen LogP contribution < -0.4 is 15.5 Å². The molecule has 2 aromatic rings. The molecular weight excluding hydrogens is 316 g/mol. The molecular formula is C19H28N4S. The number of benzene rings is 1. The third-order valence-corrected chi connectivity index (χ3v) is 4.61. The summed E-state index contributed by atoms with van der Waals surface area (Å²) in [5, 5.41) is 11.1. The summed E-state index contributed by atoms with van der Waals surface area (Å²) in [7, 11) is 4.10. The largest absolute Gasteiger partial charge is 0.378 e. The number of thiophene rings is 1. The van der Waals surface area contributed by atoms with E-state index < -0.39 is 0 Å². The minimum atomic E-state index is 0.472. The van der Waals surface area contributed by atoms with Crippen LogP contribution in [0.5, 0.6) is 0 Å². The monoisotopic (exact) mass is 344 g/mol. The molecule has 2 N–H and O–H groups in total. The van der Waals surface area contributed by atoms with Crippen LogP contribution in [0.25, 0.3) is 0 Å². The molecule has 0 amide bonds. The molecule has 1 aromatic heterocycles. The molecule has 0 aliphatic carbocycles. The van der Waals surface area contributed by atoms with Gasteiger partial charge in [0.2, 0.25) is 0 Å². The van der Waals surface area contributed by atoms with E-state index in [1.165, 1.54) is 16.8 Å². The lowest BCUT2D eigenvalue weighted by Gasteiger charge is -2.15. The smallest absolute Gasteiger partial charge is 0.191 e. The van der Waals surface area contributed by atoms with E-state index in [1.807, 2.05) is 0 Å². The van der Waals surface area contributed by atoms with Crippen LogP contribution in [0.2, 0.25) is 0 Å². The van der Waals surface area contributed by atoms with Crippen molar-refractivity contribution < 1.29 is 0 Å². The maximum absolute atomic E-state index is 4.69. The Hall–Kier alpha value is -2.01. The molecule has 5 heteroatoms. The van der Waals surface area contributed by atoms with Gasteiger partial charge in [0, 0.05) is 32.9 Å². The maximum Gasteiger partial charge on any atom is 0.191 e. The third-order valence-electron chi connectivity index (χ3n) is 3.90. The number of nitrogens with zero attached hydrogens (tertiary/aromatic N) is 2. The van der Waals surface area contributed by atoms with Crippen LogP contribution >= 0.6 is 11.3 Å². The Morgan fingerprint density at radius 3 is 2.50 bits per heavy atom. The number of aliphatic imine (C=N–C) groups is 1. The Kier molecular flexibility index (Phi) is 7.12. The molecule has 0 radical (unpaired) electrons. The zero-order valence-electron chi connectivity index (χ0n) is 15.0. The van der Waals surface area contributed by atoms with Gasteiger partial charge in [-0.3, -0.25) is 0 Å². The Bertz CT molecular complexity index is 617. The highest BCUT2D eigenvalue weighted by Crippen LogP contribution is 2.17. The minimum Gasteiger partial charge on any atom is -0.378 e. The molecule has 1 unspecified atom stereocenters. The van der Waals surface area contributed by atoms with Crippen LogP contribution in [0.4, 0.5) is 5.69 Å². The van der Waals surface area contributed by atoms with Crippen molar-refractivity contribution in [3.63, 3.8) is 0 Å². The lowest BCUT2D eigenvalue weighted by molar-refractivity contribution is 0.701. The number of hydrogen-bond donors (Lipinski definition) is 2. The summed E-state index contributed by atoms with van der Waals surface area (Å²) in [6.07, 6.45) is 0. The van der Waals surface area contributed by atoms with Gasteiger partial charge in [-0.05, 0) is 52.9 Å². The molecule has 130 valence electrons. The van der Waals surface area contributed by atoms with E-state index in [9.17, 15) is 0 Å². The van der Waals surface area contributed by atoms with E-state index in [2.05, 4.69) is 84.6 Å². The van der Waals surface area contributed by atoms with Crippen molar-refractivity contribution in [2.24, 2.45) is 4.99 Å². The van der Waals surface area contributed by atoms with E-state index in [0.717, 1.165) is 19.0 Å². The second-order valence-corrected chi connectivity index (χ2v) is 6.87. The Labute approximate surface area is 149 Å². The molecule has 0 saturated carbocycles. The van der Waals surface area contributed by atoms with Gasteiger partial charge in [-0.25, -0.2) is 4.99 Å². The van der Waals surface area contributed by atoms with Gasteiger partial charge in [-0.2, -0.15) is 11.3 Å². The molecule has 0 aliphatic rings. The Morgan fingerprint density at radius 1 is 1.17 bits per heavy atom. The van der Waals surface area contributed by atoms with Crippen LogP contribution in [0.3, 0.4) is 0 Å². The molecule has 2 rings (SSSR count). The van der Waals surface area contributed by atoms with Crippen molar-refractivity contribution in [2.75, 3.05) is 32.1 Å². The Balaban J connectivity index is 1.92. The maximum atomic E-state index is 4.69. The number of nitrogens with one attached hydrogen (secondary N) is 2. The van der Waals surface area contributed by atoms with Gasteiger partial charge < -0.3 is 15.5 Å². The highest BCUT2D eigenvalue weighted by atomic mass is 32.1. The van der Waals surface area contributed by atoms with E-state index in [0.29, 0.717) is 12.5 Å². The second kappa shape index (κ2) is 9.33. The number of rotatable bonds is 7. The second-order valence-electron chi connectivity index (χ2n) is 6.09. The zero-order chi connectivity index (χ0) is 17.4. The van der Waals surface area contributed by atoms with E-state index in [-0.39, 0.29) is 0 Å². The topological polar surface area (TPSA) is 39.7 Å². The molecule has 1 heterocycles. The van der Waals surface area contributed by atoms with Crippen LogP contribution in [0.15, 0.2) is 46.1 Å². The lowest BCUT2D eigenvalue weighted by Crippen LogP contribution is -2.39. The van der Waals surface area contributed by atoms with Crippen molar-refractivity contribution in [3.05, 3.63) is 52.2 Å². The average molecular weight is 345 g/mol. The summed E-state index contributed by atoms with van der Waals surface area (Å²) in [5.74, 6) is 1.34. The van der Waals surface area contributed by atoms with Gasteiger partial charge in [0.05, 0.1) is 6.54 Å². The SMILES string of the molecule is CCNC(=NCc1ccc(N(C)C)cc1)NCC(C)c1ccsc1. The highest BCUT2D eigenvalue weighted by Gasteiger charge is 2.07. The number of anilines is 1. The first-order chi connectivity index (χ1) is 11.6. The van der Waals surface area contributed by atoms with Crippen LogP contribution in [-0.2, 0) is 6.54 Å². The summed E-state index contributed by atoms with van der Waals surface area (Å²) >= 11 is 1.75. The van der Waals surface area contributed by atoms with E-state index >= 15 is 0 Å². The molecule has 1 atom stereocenters. The fourth-order valence-electron chi connectivity index (χ4n) is 2.33. The van der Waals surface area contributed by atoms with Gasteiger partial charge >= 0.3 is 0 Å². The molecule has 0 fully saturated rings. The molecule has 0 bridgehead atoms. The molecule has 1 aromatic carbocycles. The first-order valence-corrected chi connectivity index (χ1v) is 9.35. The predicted molar refractivity (Wildman–Crippen MR) is 106 cm³/mol. The van der Waals surface area contributed by atoms with Crippen molar-refractivity contribution in [1.82, 2.24) is 10.6 Å². The van der Waals surface area contributed by atoms with Crippen molar-refractivity contribution in [2.45, 2.75) is 26.3 Å². The van der Waals surface area contributed by atoms with Gasteiger partial charge in [0.15, 0.2) is 5.96 Å². The molecule has 0 spiro atoms. The summed E-state index contributed by atoms with van der Waals surface area (Å²) < 4.78 is 0. The van der Waals surface area contributed by atoms with Crippen LogP contribution in [0, 0.1) is 0 Å². The fraction of sp³-hybridized carbons (Fsp3) is 0.421. The van der Waals surface area contributed by atoms with Gasteiger partial charge in [-0.15, -0.1) is 0 Å². The minimum absolute atomic E-state index is 0.472. The average Bonchev–Trinajstić information content (AvgIpc) is 3.12. The van der Waals surface area contributed by atoms with Gasteiger partial charge in [0.1, 0.15) is 0 Å². The van der Waals surface area contributed by atoms with Crippen LogP contribution in [0.1, 0.15) is 30.9 Å². The Morgan fingerprint density at radius 2 is 1.92 bits per heavy atom. The van der Waals surface area contributed by atoms with E-state index in [4.69, 9.17) is 4.99 Å². The standard InChI is InChI=1S/C19H28N4S/c1-5-20-19(21-12-15(2)17-10-11-24-14-17)22-13-16-6-8-18(9-7-16)23(3)4/h6-11,14-15H,5,12-13H2,1-4H3,(H2,20,21,22). The number of guanidine groups is 1. The quantitative estimate of drug-likeness (QED) is 0.595. The zero-order valence-corrected chi connectivity index (χ0v) is 15.9. The first-order valence-electron chi connectivity index (χ1n) is 8.40. The summed E-state index contributed by atoms with van der Waals surface area (Å²) in [6.45, 7) is 6.74. The van der Waals surface area contributed by atoms with Crippen molar-refractivity contribution in [1.29, 1.82) is 0 Å². The summed E-state index contributed by atoms with van der Waals surface area (Å²) in [4.78, 5) is 6.80. The predicted octanol–water partition coefficient (Wildman–Crippen LogP) is 3.67. The number of hydrogen-bond acceptors (Lipinski definition) is 3. The van der Waals surface area contributed by atoms with Crippen LogP contribution in [-0.4, -0.2) is 33.1 Å². The lowest BCUT2D eigenvalue weighted by atomic mass is 10.1. The van der Waals surface area contributed by atoms with Gasteiger partial charge in [0.25, 0.3) is 0 Å². The highest BCUT2D eigenvalue weighted by molar-refractivity contribution is 7.07. The van der Waals surface area contributed by atoms with Crippen molar-refractivity contribution >= 4 is 23.0 Å². The van der Waals surface area contributed by atoms with Gasteiger partial charge in [-0.1, -0.05) is 19.1 Å². The first kappa shape index (κ1) is 18.3. The summed E-state index contributed by atoms with van der Waals surface area (Å²) in [5.41, 5.74) is 3.80. The molecule has 0 aliphatic heterocycles. The van der Waals surface area contributed by atoms with E-state index in [1.54, 1.807) is 11.3 Å². The fourth-order valence-corrected chi connectivity index (χ4v) is 3.12.